The first-order valence-corrected chi connectivity index (χ1v) is 7.82. The van der Waals surface area contributed by atoms with Gasteiger partial charge in [-0.25, -0.2) is 0 Å². The molecule has 0 saturated heterocycles. The summed E-state index contributed by atoms with van der Waals surface area (Å²) in [6.45, 7) is 1.72. The van der Waals surface area contributed by atoms with E-state index < -0.39 is 0 Å². The van der Waals surface area contributed by atoms with Crippen molar-refractivity contribution in [2.75, 3.05) is 0 Å². The lowest BCUT2D eigenvalue weighted by Gasteiger charge is -2.03. The SMILES string of the molecule is Clc1ccc(CNCc2cc(Br)c(Br)s2)cc1. The van der Waals surface area contributed by atoms with Crippen molar-refractivity contribution < 1.29 is 0 Å². The molecule has 1 heterocycles. The molecule has 0 aliphatic heterocycles. The van der Waals surface area contributed by atoms with E-state index in [2.05, 4.69) is 43.2 Å². The first-order valence-electron chi connectivity index (χ1n) is 5.04. The number of hydrogen-bond donors (Lipinski definition) is 1. The zero-order valence-electron chi connectivity index (χ0n) is 8.84. The van der Waals surface area contributed by atoms with Crippen molar-refractivity contribution in [1.82, 2.24) is 5.32 Å². The summed E-state index contributed by atoms with van der Waals surface area (Å²) >= 11 is 14.5. The number of benzene rings is 1. The Bertz CT molecular complexity index is 476. The third kappa shape index (κ3) is 4.07. The molecule has 0 aliphatic rings. The van der Waals surface area contributed by atoms with Gasteiger partial charge in [0.2, 0.25) is 0 Å². The summed E-state index contributed by atoms with van der Waals surface area (Å²) in [4.78, 5) is 1.30. The number of rotatable bonds is 4. The molecule has 5 heteroatoms. The van der Waals surface area contributed by atoms with Crippen molar-refractivity contribution in [3.8, 4) is 0 Å². The van der Waals surface area contributed by atoms with Crippen LogP contribution in [0.4, 0.5) is 0 Å². The Balaban J connectivity index is 1.85. The monoisotopic (exact) mass is 393 g/mol. The maximum Gasteiger partial charge on any atom is 0.0843 e. The van der Waals surface area contributed by atoms with E-state index in [0.717, 1.165) is 26.4 Å². The van der Waals surface area contributed by atoms with Gasteiger partial charge in [-0.3, -0.25) is 0 Å². The molecule has 0 aliphatic carbocycles. The molecule has 0 radical (unpaired) electrons. The Morgan fingerprint density at radius 1 is 1.12 bits per heavy atom. The molecule has 2 aromatic rings. The van der Waals surface area contributed by atoms with Gasteiger partial charge in [0.25, 0.3) is 0 Å². The molecule has 0 saturated carbocycles. The minimum absolute atomic E-state index is 0.778. The van der Waals surface area contributed by atoms with Crippen LogP contribution in [0.5, 0.6) is 0 Å². The van der Waals surface area contributed by atoms with Gasteiger partial charge in [0.15, 0.2) is 0 Å². The lowest BCUT2D eigenvalue weighted by atomic mass is 10.2. The average molecular weight is 396 g/mol. The molecule has 0 bridgehead atoms. The van der Waals surface area contributed by atoms with Crippen LogP contribution < -0.4 is 5.32 Å². The van der Waals surface area contributed by atoms with E-state index in [9.17, 15) is 0 Å². The van der Waals surface area contributed by atoms with Crippen LogP contribution in [0.15, 0.2) is 38.6 Å². The molecule has 1 N–H and O–H groups in total. The van der Waals surface area contributed by atoms with Crippen LogP contribution in [-0.4, -0.2) is 0 Å². The largest absolute Gasteiger partial charge is 0.308 e. The standard InChI is InChI=1S/C12H10Br2ClNS/c13-11-5-10(17-12(11)14)7-16-6-8-1-3-9(15)4-2-8/h1-5,16H,6-7H2. The van der Waals surface area contributed by atoms with Gasteiger partial charge in [0.1, 0.15) is 0 Å². The second-order valence-electron chi connectivity index (χ2n) is 3.56. The fraction of sp³-hybridized carbons (Fsp3) is 0.167. The molecule has 0 unspecified atom stereocenters. The molecule has 1 nitrogen and oxygen atoms in total. The summed E-state index contributed by atoms with van der Waals surface area (Å²) in [6.07, 6.45) is 0. The summed E-state index contributed by atoms with van der Waals surface area (Å²) in [5, 5.41) is 4.18. The van der Waals surface area contributed by atoms with Gasteiger partial charge in [0.05, 0.1) is 3.79 Å². The minimum atomic E-state index is 0.778. The first-order chi connectivity index (χ1) is 8.15. The highest BCUT2D eigenvalue weighted by molar-refractivity contribution is 9.13. The van der Waals surface area contributed by atoms with E-state index in [0.29, 0.717) is 0 Å². The van der Waals surface area contributed by atoms with Crippen molar-refractivity contribution >= 4 is 54.8 Å². The maximum atomic E-state index is 5.83. The second-order valence-corrected chi connectivity index (χ2v) is 7.31. The Hall–Kier alpha value is 0.130. The van der Waals surface area contributed by atoms with Crippen LogP contribution >= 0.6 is 54.8 Å². The van der Waals surface area contributed by atoms with E-state index in [1.54, 1.807) is 11.3 Å². The predicted octanol–water partition coefficient (Wildman–Crippen LogP) is 5.22. The molecule has 2 rings (SSSR count). The van der Waals surface area contributed by atoms with E-state index in [4.69, 9.17) is 11.6 Å². The highest BCUT2D eigenvalue weighted by Crippen LogP contribution is 2.32. The van der Waals surface area contributed by atoms with Crippen molar-refractivity contribution in [2.24, 2.45) is 0 Å². The quantitative estimate of drug-likeness (QED) is 0.749. The van der Waals surface area contributed by atoms with Crippen LogP contribution in [0.1, 0.15) is 10.4 Å². The average Bonchev–Trinajstić information content (AvgIpc) is 2.61. The van der Waals surface area contributed by atoms with E-state index in [1.165, 1.54) is 10.4 Å². The van der Waals surface area contributed by atoms with Crippen LogP contribution in [0.3, 0.4) is 0 Å². The number of halogens is 3. The number of nitrogens with one attached hydrogen (secondary N) is 1. The third-order valence-electron chi connectivity index (χ3n) is 2.24. The Kier molecular flexibility index (Phi) is 5.06. The fourth-order valence-corrected chi connectivity index (χ4v) is 3.68. The summed E-state index contributed by atoms with van der Waals surface area (Å²) in [7, 11) is 0. The van der Waals surface area contributed by atoms with E-state index in [-0.39, 0.29) is 0 Å². The predicted molar refractivity (Wildman–Crippen MR) is 81.7 cm³/mol. The second kappa shape index (κ2) is 6.34. The Labute approximate surface area is 126 Å². The van der Waals surface area contributed by atoms with Gasteiger partial charge in [-0.1, -0.05) is 23.7 Å². The normalized spacial score (nSPS) is 10.8. The molecule has 90 valence electrons. The topological polar surface area (TPSA) is 12.0 Å². The molecular formula is C12H10Br2ClNS. The summed E-state index contributed by atoms with van der Waals surface area (Å²) < 4.78 is 2.26. The smallest absolute Gasteiger partial charge is 0.0843 e. The summed E-state index contributed by atoms with van der Waals surface area (Å²) in [5.74, 6) is 0. The van der Waals surface area contributed by atoms with Gasteiger partial charge >= 0.3 is 0 Å². The van der Waals surface area contributed by atoms with Gasteiger partial charge < -0.3 is 5.32 Å². The van der Waals surface area contributed by atoms with Crippen molar-refractivity contribution in [3.63, 3.8) is 0 Å². The molecular weight excluding hydrogens is 385 g/mol. The minimum Gasteiger partial charge on any atom is -0.308 e. The molecule has 0 fully saturated rings. The van der Waals surface area contributed by atoms with Gasteiger partial charge in [-0.15, -0.1) is 11.3 Å². The van der Waals surface area contributed by atoms with Crippen molar-refractivity contribution in [1.29, 1.82) is 0 Å². The molecule has 0 atom stereocenters. The fourth-order valence-electron chi connectivity index (χ4n) is 1.41. The van der Waals surface area contributed by atoms with Crippen LogP contribution in [0, 0.1) is 0 Å². The number of thiophene rings is 1. The zero-order chi connectivity index (χ0) is 12.3. The van der Waals surface area contributed by atoms with Crippen LogP contribution in [0.25, 0.3) is 0 Å². The number of hydrogen-bond acceptors (Lipinski definition) is 2. The third-order valence-corrected chi connectivity index (χ3v) is 5.75. The van der Waals surface area contributed by atoms with Crippen molar-refractivity contribution in [2.45, 2.75) is 13.1 Å². The Morgan fingerprint density at radius 3 is 2.41 bits per heavy atom. The Morgan fingerprint density at radius 2 is 1.82 bits per heavy atom. The van der Waals surface area contributed by atoms with Gasteiger partial charge in [-0.2, -0.15) is 0 Å². The molecule has 0 spiro atoms. The lowest BCUT2D eigenvalue weighted by molar-refractivity contribution is 0.701. The molecule has 17 heavy (non-hydrogen) atoms. The molecule has 1 aromatic carbocycles. The zero-order valence-corrected chi connectivity index (χ0v) is 13.6. The molecule has 1 aromatic heterocycles. The van der Waals surface area contributed by atoms with Crippen LogP contribution in [0.2, 0.25) is 5.02 Å². The van der Waals surface area contributed by atoms with Gasteiger partial charge in [0, 0.05) is 27.5 Å². The first kappa shape index (κ1) is 13.6. The van der Waals surface area contributed by atoms with E-state index in [1.807, 2.05) is 24.3 Å². The highest BCUT2D eigenvalue weighted by Gasteiger charge is 2.03. The summed E-state index contributed by atoms with van der Waals surface area (Å²) in [6, 6.07) is 10.0. The van der Waals surface area contributed by atoms with Gasteiger partial charge in [-0.05, 0) is 55.6 Å². The maximum absolute atomic E-state index is 5.83. The highest BCUT2D eigenvalue weighted by atomic mass is 79.9. The summed E-state index contributed by atoms with van der Waals surface area (Å²) in [5.41, 5.74) is 1.24. The van der Waals surface area contributed by atoms with Crippen LogP contribution in [-0.2, 0) is 13.1 Å². The lowest BCUT2D eigenvalue weighted by Crippen LogP contribution is -2.11. The van der Waals surface area contributed by atoms with E-state index >= 15 is 0 Å². The van der Waals surface area contributed by atoms with Crippen molar-refractivity contribution in [3.05, 3.63) is 54.1 Å². The molecule has 0 amide bonds.